The van der Waals surface area contributed by atoms with Crippen molar-refractivity contribution >= 4 is 43.2 Å². The second-order valence-electron chi connectivity index (χ2n) is 6.62. The Balaban J connectivity index is 1.61. The zero-order chi connectivity index (χ0) is 24.2. The van der Waals surface area contributed by atoms with Gasteiger partial charge in [-0.15, -0.1) is 0 Å². The van der Waals surface area contributed by atoms with Gasteiger partial charge in [-0.3, -0.25) is 9.52 Å². The Bertz CT molecular complexity index is 1270. The standard InChI is InChI=1S/C21H15BrF4N2O4S/c22-14-4-9-19(18(23)11-14)27-20(29)12-32-16-5-7-17(8-6-16)33(30,31)28-15-3-1-2-13(10-15)21(24,25)26/h1-11,28H,12H2,(H,27,29). The van der Waals surface area contributed by atoms with Crippen LogP contribution in [0.2, 0.25) is 0 Å². The van der Waals surface area contributed by atoms with Crippen LogP contribution in [0.25, 0.3) is 0 Å². The Morgan fingerprint density at radius 2 is 1.70 bits per heavy atom. The van der Waals surface area contributed by atoms with Gasteiger partial charge in [0, 0.05) is 10.2 Å². The molecule has 0 aliphatic carbocycles. The summed E-state index contributed by atoms with van der Waals surface area (Å²) >= 11 is 3.10. The summed E-state index contributed by atoms with van der Waals surface area (Å²) in [6.07, 6.45) is -4.62. The maximum Gasteiger partial charge on any atom is 0.416 e. The minimum absolute atomic E-state index is 0.0334. The minimum Gasteiger partial charge on any atom is -0.484 e. The summed E-state index contributed by atoms with van der Waals surface area (Å²) in [6, 6.07) is 12.8. The van der Waals surface area contributed by atoms with E-state index in [-0.39, 0.29) is 22.0 Å². The van der Waals surface area contributed by atoms with Crippen molar-refractivity contribution in [1.82, 2.24) is 0 Å². The quantitative estimate of drug-likeness (QED) is 0.387. The molecule has 0 aromatic heterocycles. The van der Waals surface area contributed by atoms with Crippen molar-refractivity contribution in [3.8, 4) is 5.75 Å². The molecule has 0 atom stereocenters. The molecule has 0 bridgehead atoms. The van der Waals surface area contributed by atoms with Gasteiger partial charge in [0.25, 0.3) is 15.9 Å². The Kier molecular flexibility index (Phi) is 7.28. The van der Waals surface area contributed by atoms with Crippen LogP contribution in [-0.2, 0) is 21.0 Å². The van der Waals surface area contributed by atoms with Gasteiger partial charge in [-0.2, -0.15) is 13.2 Å². The van der Waals surface area contributed by atoms with Gasteiger partial charge in [0.15, 0.2) is 6.61 Å². The first-order chi connectivity index (χ1) is 15.4. The molecule has 174 valence electrons. The topological polar surface area (TPSA) is 84.5 Å². The summed E-state index contributed by atoms with van der Waals surface area (Å²) in [5.74, 6) is -1.13. The molecule has 0 spiro atoms. The fraction of sp³-hybridized carbons (Fsp3) is 0.0952. The summed E-state index contributed by atoms with van der Waals surface area (Å²) < 4.78 is 85.0. The molecule has 0 saturated carbocycles. The van der Waals surface area contributed by atoms with Crippen LogP contribution in [0.4, 0.5) is 28.9 Å². The number of carbonyl (C=O) groups is 1. The third-order valence-corrected chi connectivity index (χ3v) is 6.04. The predicted molar refractivity (Wildman–Crippen MR) is 117 cm³/mol. The molecule has 0 heterocycles. The van der Waals surface area contributed by atoms with Gasteiger partial charge in [0.1, 0.15) is 11.6 Å². The number of amides is 1. The lowest BCUT2D eigenvalue weighted by atomic mass is 10.2. The molecule has 0 saturated heterocycles. The smallest absolute Gasteiger partial charge is 0.416 e. The zero-order valence-electron chi connectivity index (χ0n) is 16.5. The van der Waals surface area contributed by atoms with Crippen LogP contribution < -0.4 is 14.8 Å². The highest BCUT2D eigenvalue weighted by Gasteiger charge is 2.30. The van der Waals surface area contributed by atoms with E-state index in [0.717, 1.165) is 24.3 Å². The molecule has 0 unspecified atom stereocenters. The van der Waals surface area contributed by atoms with Crippen molar-refractivity contribution in [3.05, 3.63) is 82.6 Å². The Morgan fingerprint density at radius 1 is 1.00 bits per heavy atom. The number of alkyl halides is 3. The molecule has 33 heavy (non-hydrogen) atoms. The molecule has 0 aliphatic heterocycles. The molecule has 0 radical (unpaired) electrons. The van der Waals surface area contributed by atoms with Crippen LogP contribution in [-0.4, -0.2) is 20.9 Å². The first-order valence-corrected chi connectivity index (χ1v) is 11.4. The second-order valence-corrected chi connectivity index (χ2v) is 9.21. The number of rotatable bonds is 7. The molecular formula is C21H15BrF4N2O4S. The number of carbonyl (C=O) groups excluding carboxylic acids is 1. The third kappa shape index (κ3) is 6.68. The molecule has 3 rings (SSSR count). The first kappa shape index (κ1) is 24.5. The largest absolute Gasteiger partial charge is 0.484 e. The lowest BCUT2D eigenvalue weighted by Gasteiger charge is -2.12. The highest BCUT2D eigenvalue weighted by Crippen LogP contribution is 2.31. The SMILES string of the molecule is O=C(COc1ccc(S(=O)(=O)Nc2cccc(C(F)(F)F)c2)cc1)Nc1ccc(Br)cc1F. The number of anilines is 2. The monoisotopic (exact) mass is 546 g/mol. The van der Waals surface area contributed by atoms with Crippen molar-refractivity contribution < 1.29 is 35.5 Å². The van der Waals surface area contributed by atoms with Gasteiger partial charge in [0.2, 0.25) is 0 Å². The van der Waals surface area contributed by atoms with Crippen molar-refractivity contribution in [1.29, 1.82) is 0 Å². The Morgan fingerprint density at radius 3 is 2.33 bits per heavy atom. The van der Waals surface area contributed by atoms with Crippen LogP contribution in [0.1, 0.15) is 5.56 Å². The molecule has 6 nitrogen and oxygen atoms in total. The van der Waals surface area contributed by atoms with Crippen molar-refractivity contribution in [2.45, 2.75) is 11.1 Å². The summed E-state index contributed by atoms with van der Waals surface area (Å²) in [5, 5.41) is 2.34. The van der Waals surface area contributed by atoms with Crippen molar-refractivity contribution in [2.75, 3.05) is 16.6 Å². The lowest BCUT2D eigenvalue weighted by Crippen LogP contribution is -2.20. The summed E-state index contributed by atoms with van der Waals surface area (Å²) in [7, 11) is -4.17. The van der Waals surface area contributed by atoms with Gasteiger partial charge >= 0.3 is 6.18 Å². The van der Waals surface area contributed by atoms with Crippen LogP contribution in [0.3, 0.4) is 0 Å². The first-order valence-electron chi connectivity index (χ1n) is 9.12. The Labute approximate surface area is 194 Å². The van der Waals surface area contributed by atoms with E-state index in [2.05, 4.69) is 26.0 Å². The highest BCUT2D eigenvalue weighted by atomic mass is 79.9. The lowest BCUT2D eigenvalue weighted by molar-refractivity contribution is -0.137. The van der Waals surface area contributed by atoms with E-state index < -0.39 is 40.1 Å². The van der Waals surface area contributed by atoms with Gasteiger partial charge in [-0.05, 0) is 60.7 Å². The van der Waals surface area contributed by atoms with Crippen molar-refractivity contribution in [3.63, 3.8) is 0 Å². The predicted octanol–water partition coefficient (Wildman–Crippen LogP) is 5.43. The van der Waals surface area contributed by atoms with Crippen LogP contribution in [0, 0.1) is 5.82 Å². The van der Waals surface area contributed by atoms with Crippen molar-refractivity contribution in [2.24, 2.45) is 0 Å². The third-order valence-electron chi connectivity index (χ3n) is 4.15. The molecule has 2 N–H and O–H groups in total. The molecule has 12 heteroatoms. The fourth-order valence-corrected chi connectivity index (χ4v) is 4.00. The van der Waals surface area contributed by atoms with E-state index in [9.17, 15) is 30.8 Å². The average Bonchev–Trinajstić information content (AvgIpc) is 2.74. The summed E-state index contributed by atoms with van der Waals surface area (Å²) in [4.78, 5) is 11.7. The summed E-state index contributed by atoms with van der Waals surface area (Å²) in [5.41, 5.74) is -1.27. The number of nitrogens with one attached hydrogen (secondary N) is 2. The number of hydrogen-bond donors (Lipinski definition) is 2. The van der Waals surface area contributed by atoms with E-state index >= 15 is 0 Å². The van der Waals surface area contributed by atoms with E-state index in [1.807, 2.05) is 0 Å². The number of hydrogen-bond acceptors (Lipinski definition) is 4. The van der Waals surface area contributed by atoms with Crippen LogP contribution >= 0.6 is 15.9 Å². The summed E-state index contributed by atoms with van der Waals surface area (Å²) in [6.45, 7) is -0.468. The molecule has 3 aromatic rings. The van der Waals surface area contributed by atoms with Crippen LogP contribution in [0.5, 0.6) is 5.75 Å². The molecule has 0 aliphatic rings. The van der Waals surface area contributed by atoms with Gasteiger partial charge < -0.3 is 10.1 Å². The van der Waals surface area contributed by atoms with E-state index in [4.69, 9.17) is 4.74 Å². The average molecular weight is 547 g/mol. The molecule has 1 amide bonds. The molecule has 3 aromatic carbocycles. The van der Waals surface area contributed by atoms with Crippen LogP contribution in [0.15, 0.2) is 76.1 Å². The number of halogens is 5. The normalized spacial score (nSPS) is 11.7. The van der Waals surface area contributed by atoms with Gasteiger partial charge in [-0.25, -0.2) is 12.8 Å². The van der Waals surface area contributed by atoms with E-state index in [0.29, 0.717) is 10.5 Å². The second kappa shape index (κ2) is 9.79. The van der Waals surface area contributed by atoms with Gasteiger partial charge in [-0.1, -0.05) is 22.0 Å². The molecule has 0 fully saturated rings. The fourth-order valence-electron chi connectivity index (χ4n) is 2.61. The zero-order valence-corrected chi connectivity index (χ0v) is 18.9. The Hall–Kier alpha value is -3.12. The molecular weight excluding hydrogens is 532 g/mol. The maximum absolute atomic E-state index is 13.8. The number of ether oxygens (including phenoxy) is 1. The van der Waals surface area contributed by atoms with E-state index in [1.54, 1.807) is 6.07 Å². The van der Waals surface area contributed by atoms with E-state index in [1.165, 1.54) is 30.3 Å². The van der Waals surface area contributed by atoms with Gasteiger partial charge in [0.05, 0.1) is 16.1 Å². The number of benzene rings is 3. The minimum atomic E-state index is -4.62. The number of sulfonamides is 1. The highest BCUT2D eigenvalue weighted by molar-refractivity contribution is 9.10. The maximum atomic E-state index is 13.8.